The molecule has 0 aromatic rings. The molecule has 0 radical (unpaired) electrons. The van der Waals surface area contributed by atoms with Crippen molar-refractivity contribution in [2.75, 3.05) is 19.6 Å². The highest BCUT2D eigenvalue weighted by atomic mass is 15.1. The lowest BCUT2D eigenvalue weighted by molar-refractivity contribution is 0.254. The molecule has 0 aromatic heterocycles. The third-order valence-corrected chi connectivity index (χ3v) is 4.91. The molecule has 1 fully saturated rings. The van der Waals surface area contributed by atoms with Crippen molar-refractivity contribution in [2.45, 2.75) is 84.7 Å². The molecule has 2 heteroatoms. The molecule has 1 aliphatic carbocycles. The normalized spacial score (nSPS) is 20.7. The molecular formula is C17H36N2. The van der Waals surface area contributed by atoms with Crippen molar-refractivity contribution in [2.24, 2.45) is 5.92 Å². The lowest BCUT2D eigenvalue weighted by Crippen LogP contribution is -2.40. The minimum Gasteiger partial charge on any atom is -0.312 e. The number of hydrogen-bond donors (Lipinski definition) is 1. The molecule has 0 heterocycles. The van der Waals surface area contributed by atoms with E-state index in [-0.39, 0.29) is 0 Å². The zero-order valence-corrected chi connectivity index (χ0v) is 13.8. The van der Waals surface area contributed by atoms with Crippen molar-refractivity contribution in [3.63, 3.8) is 0 Å². The first-order valence-corrected chi connectivity index (χ1v) is 8.65. The Hall–Kier alpha value is -0.0800. The van der Waals surface area contributed by atoms with Gasteiger partial charge >= 0.3 is 0 Å². The number of nitrogens with zero attached hydrogens (tertiary/aromatic N) is 1. The van der Waals surface area contributed by atoms with Gasteiger partial charge in [0.25, 0.3) is 0 Å². The van der Waals surface area contributed by atoms with Gasteiger partial charge in [0, 0.05) is 12.1 Å². The number of rotatable bonds is 9. The summed E-state index contributed by atoms with van der Waals surface area (Å²) < 4.78 is 0. The van der Waals surface area contributed by atoms with Crippen molar-refractivity contribution in [3.05, 3.63) is 0 Å². The fourth-order valence-corrected chi connectivity index (χ4v) is 3.46. The van der Waals surface area contributed by atoms with Gasteiger partial charge < -0.3 is 10.2 Å². The summed E-state index contributed by atoms with van der Waals surface area (Å²) in [4.78, 5) is 2.53. The summed E-state index contributed by atoms with van der Waals surface area (Å²) in [6, 6.07) is 1.39. The van der Waals surface area contributed by atoms with E-state index in [4.69, 9.17) is 0 Å². The van der Waals surface area contributed by atoms with Gasteiger partial charge in [0.2, 0.25) is 0 Å². The van der Waals surface area contributed by atoms with Crippen LogP contribution in [-0.4, -0.2) is 36.6 Å². The first kappa shape index (κ1) is 17.0. The van der Waals surface area contributed by atoms with Gasteiger partial charge in [-0.25, -0.2) is 0 Å². The van der Waals surface area contributed by atoms with Crippen molar-refractivity contribution in [1.82, 2.24) is 10.2 Å². The molecule has 0 spiro atoms. The Balaban J connectivity index is 2.13. The smallest absolute Gasteiger partial charge is 0.00694 e. The molecule has 114 valence electrons. The van der Waals surface area contributed by atoms with Gasteiger partial charge in [0.1, 0.15) is 0 Å². The van der Waals surface area contributed by atoms with Gasteiger partial charge in [-0.2, -0.15) is 0 Å². The fourth-order valence-electron chi connectivity index (χ4n) is 3.46. The van der Waals surface area contributed by atoms with Crippen LogP contribution in [0.1, 0.15) is 72.6 Å². The van der Waals surface area contributed by atoms with Crippen LogP contribution in [0.3, 0.4) is 0 Å². The Morgan fingerprint density at radius 2 is 1.68 bits per heavy atom. The van der Waals surface area contributed by atoms with Gasteiger partial charge in [-0.05, 0) is 65.1 Å². The third kappa shape index (κ3) is 6.76. The van der Waals surface area contributed by atoms with Crippen molar-refractivity contribution in [3.8, 4) is 0 Å². The van der Waals surface area contributed by atoms with E-state index in [0.29, 0.717) is 12.1 Å². The minimum atomic E-state index is 0.674. The highest BCUT2D eigenvalue weighted by molar-refractivity contribution is 4.78. The Labute approximate surface area is 121 Å². The van der Waals surface area contributed by atoms with E-state index >= 15 is 0 Å². The molecule has 2 unspecified atom stereocenters. The second-order valence-corrected chi connectivity index (χ2v) is 6.42. The summed E-state index contributed by atoms with van der Waals surface area (Å²) in [5.74, 6) is 0.930. The summed E-state index contributed by atoms with van der Waals surface area (Å²) in [6.45, 7) is 12.9. The summed E-state index contributed by atoms with van der Waals surface area (Å²) in [5.41, 5.74) is 0. The second kappa shape index (κ2) is 9.77. The van der Waals surface area contributed by atoms with Gasteiger partial charge in [-0.3, -0.25) is 0 Å². The summed E-state index contributed by atoms with van der Waals surface area (Å²) >= 11 is 0. The molecule has 2 atom stereocenters. The Morgan fingerprint density at radius 1 is 1.05 bits per heavy atom. The van der Waals surface area contributed by atoms with Crippen molar-refractivity contribution in [1.29, 1.82) is 0 Å². The first-order chi connectivity index (χ1) is 9.17. The van der Waals surface area contributed by atoms with Gasteiger partial charge in [-0.15, -0.1) is 0 Å². The molecule has 1 rings (SSSR count). The molecule has 1 aliphatic rings. The fraction of sp³-hybridized carbons (Fsp3) is 1.00. The van der Waals surface area contributed by atoms with E-state index in [1.54, 1.807) is 0 Å². The molecule has 0 aromatic carbocycles. The standard InChI is InChI=1S/C17H36N2/c1-5-19(6-2)14-10-11-15(3)18-16(4)17-12-8-7-9-13-17/h15-18H,5-14H2,1-4H3. The maximum absolute atomic E-state index is 3.84. The SMILES string of the molecule is CCN(CC)CCCC(C)NC(C)C1CCCCC1. The average molecular weight is 268 g/mol. The van der Waals surface area contributed by atoms with Crippen LogP contribution in [-0.2, 0) is 0 Å². The quantitative estimate of drug-likeness (QED) is 0.678. The van der Waals surface area contributed by atoms with Crippen molar-refractivity contribution >= 4 is 0 Å². The lowest BCUT2D eigenvalue weighted by Gasteiger charge is -2.31. The topological polar surface area (TPSA) is 15.3 Å². The van der Waals surface area contributed by atoms with Crippen LogP contribution in [0.4, 0.5) is 0 Å². The highest BCUT2D eigenvalue weighted by Crippen LogP contribution is 2.26. The van der Waals surface area contributed by atoms with E-state index in [9.17, 15) is 0 Å². The summed E-state index contributed by atoms with van der Waals surface area (Å²) in [6.07, 6.45) is 9.89. The molecule has 0 bridgehead atoms. The zero-order chi connectivity index (χ0) is 14.1. The predicted octanol–water partition coefficient (Wildman–Crippen LogP) is 4.06. The molecule has 19 heavy (non-hydrogen) atoms. The molecule has 1 saturated carbocycles. The summed E-state index contributed by atoms with van der Waals surface area (Å²) in [7, 11) is 0. The first-order valence-electron chi connectivity index (χ1n) is 8.65. The number of nitrogens with one attached hydrogen (secondary N) is 1. The second-order valence-electron chi connectivity index (χ2n) is 6.42. The monoisotopic (exact) mass is 268 g/mol. The largest absolute Gasteiger partial charge is 0.312 e. The van der Waals surface area contributed by atoms with E-state index in [1.807, 2.05) is 0 Å². The van der Waals surface area contributed by atoms with Crippen LogP contribution < -0.4 is 5.32 Å². The zero-order valence-electron chi connectivity index (χ0n) is 13.8. The predicted molar refractivity (Wildman–Crippen MR) is 85.7 cm³/mol. The average Bonchev–Trinajstić information content (AvgIpc) is 2.44. The van der Waals surface area contributed by atoms with Gasteiger partial charge in [-0.1, -0.05) is 33.1 Å². The van der Waals surface area contributed by atoms with Crippen LogP contribution >= 0.6 is 0 Å². The van der Waals surface area contributed by atoms with Crippen LogP contribution in [0.25, 0.3) is 0 Å². The Bertz CT molecular complexity index is 207. The van der Waals surface area contributed by atoms with Gasteiger partial charge in [0.15, 0.2) is 0 Å². The minimum absolute atomic E-state index is 0.674. The van der Waals surface area contributed by atoms with E-state index in [1.165, 1.54) is 64.6 Å². The molecule has 0 saturated heterocycles. The van der Waals surface area contributed by atoms with Crippen LogP contribution in [0.2, 0.25) is 0 Å². The molecule has 0 aliphatic heterocycles. The van der Waals surface area contributed by atoms with Crippen LogP contribution in [0.5, 0.6) is 0 Å². The maximum atomic E-state index is 3.84. The molecular weight excluding hydrogens is 232 g/mol. The van der Waals surface area contributed by atoms with E-state index in [0.717, 1.165) is 5.92 Å². The van der Waals surface area contributed by atoms with Gasteiger partial charge in [0.05, 0.1) is 0 Å². The third-order valence-electron chi connectivity index (χ3n) is 4.91. The van der Waals surface area contributed by atoms with E-state index < -0.39 is 0 Å². The molecule has 1 N–H and O–H groups in total. The molecule has 2 nitrogen and oxygen atoms in total. The van der Waals surface area contributed by atoms with Crippen molar-refractivity contribution < 1.29 is 0 Å². The maximum Gasteiger partial charge on any atom is 0.00694 e. The lowest BCUT2D eigenvalue weighted by atomic mass is 9.84. The van der Waals surface area contributed by atoms with Crippen LogP contribution in [0.15, 0.2) is 0 Å². The van der Waals surface area contributed by atoms with E-state index in [2.05, 4.69) is 37.9 Å². The number of hydrogen-bond acceptors (Lipinski definition) is 2. The Morgan fingerprint density at radius 3 is 2.26 bits per heavy atom. The Kier molecular flexibility index (Phi) is 8.72. The van der Waals surface area contributed by atoms with Crippen LogP contribution in [0, 0.1) is 5.92 Å². The molecule has 0 amide bonds. The highest BCUT2D eigenvalue weighted by Gasteiger charge is 2.20. The summed E-state index contributed by atoms with van der Waals surface area (Å²) in [5, 5.41) is 3.84.